The Morgan fingerprint density at radius 1 is 0.907 bits per heavy atom. The number of para-hydroxylation sites is 1. The summed E-state index contributed by atoms with van der Waals surface area (Å²) in [5, 5.41) is 13.0. The van der Waals surface area contributed by atoms with Crippen molar-refractivity contribution in [3.05, 3.63) is 115 Å². The van der Waals surface area contributed by atoms with Gasteiger partial charge in [0.15, 0.2) is 11.0 Å². The number of hydrogen-bond acceptors (Lipinski definition) is 7. The molecule has 0 fully saturated rings. The summed E-state index contributed by atoms with van der Waals surface area (Å²) in [6, 6.07) is 30.5. The van der Waals surface area contributed by atoms with E-state index < -0.39 is 10.0 Å². The van der Waals surface area contributed by atoms with E-state index in [9.17, 15) is 13.2 Å². The number of thioether (sulfide) groups is 1. The van der Waals surface area contributed by atoms with Crippen molar-refractivity contribution in [3.63, 3.8) is 0 Å². The minimum absolute atomic E-state index is 0.0835. The standard InChI is InChI=1S/C32H27N5O4S2/c1-22-15-17-23(18-16-22)33-30(38)21-42-32-35-34-31(37(32)24-9-8-10-25(19-24)41-2)28-20-36(29-14-7-6-13-27(28)29)43(39,40)26-11-4-3-5-12-26/h3-20H,21H2,1-2H3,(H,33,38). The summed E-state index contributed by atoms with van der Waals surface area (Å²) in [5.41, 5.74) is 3.58. The van der Waals surface area contributed by atoms with Crippen molar-refractivity contribution in [3.8, 4) is 22.8 Å². The molecule has 0 aliphatic carbocycles. The van der Waals surface area contributed by atoms with E-state index in [0.717, 1.165) is 5.56 Å². The predicted octanol–water partition coefficient (Wildman–Crippen LogP) is 6.17. The Balaban J connectivity index is 1.44. The average molecular weight is 610 g/mol. The molecule has 0 aliphatic rings. The third kappa shape index (κ3) is 5.64. The first-order chi connectivity index (χ1) is 20.8. The van der Waals surface area contributed by atoms with E-state index in [2.05, 4.69) is 15.5 Å². The molecular weight excluding hydrogens is 583 g/mol. The minimum atomic E-state index is -3.91. The van der Waals surface area contributed by atoms with Gasteiger partial charge in [-0.1, -0.05) is 71.9 Å². The van der Waals surface area contributed by atoms with Crippen molar-refractivity contribution in [2.24, 2.45) is 0 Å². The fourth-order valence-corrected chi connectivity index (χ4v) is 6.86. The van der Waals surface area contributed by atoms with Gasteiger partial charge in [-0.05, 0) is 49.4 Å². The zero-order valence-corrected chi connectivity index (χ0v) is 25.0. The third-order valence-corrected chi connectivity index (χ3v) is 9.45. The van der Waals surface area contributed by atoms with Gasteiger partial charge in [0.05, 0.1) is 29.0 Å². The first-order valence-corrected chi connectivity index (χ1v) is 15.8. The van der Waals surface area contributed by atoms with Crippen molar-refractivity contribution in [1.82, 2.24) is 18.7 Å². The van der Waals surface area contributed by atoms with Crippen molar-refractivity contribution < 1.29 is 17.9 Å². The van der Waals surface area contributed by atoms with Crippen LogP contribution < -0.4 is 10.1 Å². The molecule has 0 spiro atoms. The lowest BCUT2D eigenvalue weighted by Crippen LogP contribution is -2.14. The molecule has 0 unspecified atom stereocenters. The van der Waals surface area contributed by atoms with Crippen LogP contribution in [0.2, 0.25) is 0 Å². The maximum absolute atomic E-state index is 13.7. The van der Waals surface area contributed by atoms with Crippen molar-refractivity contribution >= 4 is 44.3 Å². The van der Waals surface area contributed by atoms with Crippen LogP contribution in [0.4, 0.5) is 5.69 Å². The Bertz CT molecular complexity index is 2040. The largest absolute Gasteiger partial charge is 0.497 e. The molecule has 1 N–H and O–H groups in total. The number of aromatic nitrogens is 4. The fraction of sp³-hybridized carbons (Fsp3) is 0.0938. The number of carbonyl (C=O) groups excluding carboxylic acids is 1. The molecule has 2 heterocycles. The van der Waals surface area contributed by atoms with E-state index in [-0.39, 0.29) is 16.6 Å². The molecule has 43 heavy (non-hydrogen) atoms. The summed E-state index contributed by atoms with van der Waals surface area (Å²) >= 11 is 1.23. The van der Waals surface area contributed by atoms with Gasteiger partial charge in [0.2, 0.25) is 5.91 Å². The summed E-state index contributed by atoms with van der Waals surface area (Å²) in [4.78, 5) is 13.0. The Morgan fingerprint density at radius 3 is 2.42 bits per heavy atom. The quantitative estimate of drug-likeness (QED) is 0.195. The molecule has 9 nitrogen and oxygen atoms in total. The summed E-state index contributed by atoms with van der Waals surface area (Å²) < 4.78 is 36.0. The molecule has 6 rings (SSSR count). The monoisotopic (exact) mass is 609 g/mol. The number of fused-ring (bicyclic) bond motifs is 1. The van der Waals surface area contributed by atoms with Crippen LogP contribution >= 0.6 is 11.8 Å². The van der Waals surface area contributed by atoms with Gasteiger partial charge in [0.25, 0.3) is 10.0 Å². The molecule has 11 heteroatoms. The second-order valence-electron chi connectivity index (χ2n) is 9.72. The zero-order chi connectivity index (χ0) is 30.0. The first-order valence-electron chi connectivity index (χ1n) is 13.4. The highest BCUT2D eigenvalue weighted by atomic mass is 32.2. The van der Waals surface area contributed by atoms with Crippen molar-refractivity contribution in [2.45, 2.75) is 17.0 Å². The van der Waals surface area contributed by atoms with E-state index in [1.807, 2.05) is 72.2 Å². The number of anilines is 1. The number of hydrogen-bond donors (Lipinski definition) is 1. The summed E-state index contributed by atoms with van der Waals surface area (Å²) in [5.74, 6) is 0.938. The van der Waals surface area contributed by atoms with Gasteiger partial charge in [0, 0.05) is 28.9 Å². The highest BCUT2D eigenvalue weighted by Gasteiger charge is 2.25. The summed E-state index contributed by atoms with van der Waals surface area (Å²) in [6.45, 7) is 1.99. The molecule has 0 saturated carbocycles. The molecule has 0 aliphatic heterocycles. The molecule has 0 saturated heterocycles. The van der Waals surface area contributed by atoms with Crippen LogP contribution in [-0.2, 0) is 14.8 Å². The van der Waals surface area contributed by atoms with Gasteiger partial charge in [-0.25, -0.2) is 12.4 Å². The van der Waals surface area contributed by atoms with Crippen LogP contribution in [0.1, 0.15) is 5.56 Å². The molecule has 1 amide bonds. The number of methoxy groups -OCH3 is 1. The number of aryl methyl sites for hydroxylation is 1. The molecule has 216 valence electrons. The lowest BCUT2D eigenvalue weighted by molar-refractivity contribution is -0.113. The zero-order valence-electron chi connectivity index (χ0n) is 23.3. The van der Waals surface area contributed by atoms with E-state index in [1.54, 1.807) is 55.8 Å². The Hall–Kier alpha value is -4.87. The minimum Gasteiger partial charge on any atom is -0.497 e. The third-order valence-electron chi connectivity index (χ3n) is 6.83. The molecule has 6 aromatic rings. The fourth-order valence-electron chi connectivity index (χ4n) is 4.72. The van der Waals surface area contributed by atoms with Gasteiger partial charge in [0.1, 0.15) is 5.75 Å². The topological polar surface area (TPSA) is 108 Å². The molecular formula is C32H27N5O4S2. The van der Waals surface area contributed by atoms with Crippen LogP contribution in [0.3, 0.4) is 0 Å². The van der Waals surface area contributed by atoms with Crippen LogP contribution in [0.25, 0.3) is 28.0 Å². The molecule has 4 aromatic carbocycles. The number of rotatable bonds is 9. The Kier molecular flexibility index (Phi) is 7.75. The van der Waals surface area contributed by atoms with Crippen molar-refractivity contribution in [1.29, 1.82) is 0 Å². The van der Waals surface area contributed by atoms with Gasteiger partial charge in [-0.2, -0.15) is 0 Å². The maximum Gasteiger partial charge on any atom is 0.268 e. The Labute approximate surface area is 253 Å². The normalized spacial score (nSPS) is 11.5. The average Bonchev–Trinajstić information content (AvgIpc) is 3.64. The number of nitrogens with one attached hydrogen (secondary N) is 1. The maximum atomic E-state index is 13.7. The van der Waals surface area contributed by atoms with Crippen LogP contribution in [0, 0.1) is 6.92 Å². The first kappa shape index (κ1) is 28.3. The van der Waals surface area contributed by atoms with Crippen LogP contribution in [0.15, 0.2) is 119 Å². The highest BCUT2D eigenvalue weighted by molar-refractivity contribution is 7.99. The van der Waals surface area contributed by atoms with Gasteiger partial charge in [-0.15, -0.1) is 10.2 Å². The van der Waals surface area contributed by atoms with Gasteiger partial charge in [-0.3, -0.25) is 9.36 Å². The van der Waals surface area contributed by atoms with E-state index >= 15 is 0 Å². The lowest BCUT2D eigenvalue weighted by atomic mass is 10.1. The molecule has 2 aromatic heterocycles. The van der Waals surface area contributed by atoms with Crippen molar-refractivity contribution in [2.75, 3.05) is 18.2 Å². The number of benzene rings is 4. The van der Waals surface area contributed by atoms with E-state index in [0.29, 0.717) is 44.6 Å². The number of nitrogens with zero attached hydrogens (tertiary/aromatic N) is 4. The van der Waals surface area contributed by atoms with Crippen LogP contribution in [0.5, 0.6) is 5.75 Å². The smallest absolute Gasteiger partial charge is 0.268 e. The second kappa shape index (κ2) is 11.8. The number of carbonyl (C=O) groups is 1. The summed E-state index contributed by atoms with van der Waals surface area (Å²) in [6.07, 6.45) is 1.58. The highest BCUT2D eigenvalue weighted by Crippen LogP contribution is 2.36. The number of amides is 1. The van der Waals surface area contributed by atoms with Crippen LogP contribution in [-0.4, -0.2) is 45.9 Å². The summed E-state index contributed by atoms with van der Waals surface area (Å²) in [7, 11) is -2.32. The SMILES string of the molecule is COc1cccc(-n2c(SCC(=O)Nc3ccc(C)cc3)nnc2-c2cn(S(=O)(=O)c3ccccc3)c3ccccc23)c1. The predicted molar refractivity (Wildman–Crippen MR) is 168 cm³/mol. The number of ether oxygens (including phenoxy) is 1. The Morgan fingerprint density at radius 2 is 1.65 bits per heavy atom. The molecule has 0 radical (unpaired) electrons. The van der Waals surface area contributed by atoms with E-state index in [1.165, 1.54) is 15.7 Å². The molecule has 0 atom stereocenters. The second-order valence-corrected chi connectivity index (χ2v) is 12.5. The van der Waals surface area contributed by atoms with Gasteiger partial charge >= 0.3 is 0 Å². The van der Waals surface area contributed by atoms with Gasteiger partial charge < -0.3 is 10.1 Å². The van der Waals surface area contributed by atoms with E-state index in [4.69, 9.17) is 4.74 Å². The molecule has 0 bridgehead atoms. The lowest BCUT2D eigenvalue weighted by Gasteiger charge is -2.11.